The van der Waals surface area contributed by atoms with E-state index >= 15 is 0 Å². The van der Waals surface area contributed by atoms with E-state index in [1.54, 1.807) is 12.4 Å². The van der Waals surface area contributed by atoms with Gasteiger partial charge in [-0.05, 0) is 34.7 Å². The second-order valence-electron chi connectivity index (χ2n) is 1.17. The summed E-state index contributed by atoms with van der Waals surface area (Å²) in [6, 6.07) is 3.92. The summed E-state index contributed by atoms with van der Waals surface area (Å²) < 4.78 is 1.23. The van der Waals surface area contributed by atoms with Gasteiger partial charge in [-0.2, -0.15) is 0 Å². The van der Waals surface area contributed by atoms with Crippen molar-refractivity contribution in [2.75, 3.05) is 0 Å². The first kappa shape index (κ1) is 12.2. The maximum atomic E-state index is 3.84. The van der Waals surface area contributed by atoms with Gasteiger partial charge in [0.2, 0.25) is 0 Å². The zero-order valence-corrected chi connectivity index (χ0v) is 8.24. The fourth-order valence-corrected chi connectivity index (χ4v) is 0.655. The smallest absolute Gasteiger partial charge is 0.0278 e. The van der Waals surface area contributed by atoms with Gasteiger partial charge in [-0.15, -0.1) is 24.8 Å². The molecule has 0 spiro atoms. The third-order valence-corrected chi connectivity index (χ3v) is 1.36. The molecule has 9 heavy (non-hydrogen) atoms. The molecule has 0 saturated heterocycles. The van der Waals surface area contributed by atoms with Crippen LogP contribution in [0.25, 0.3) is 0 Å². The largest absolute Gasteiger partial charge is 0.265 e. The molecule has 0 aliphatic heterocycles. The lowest BCUT2D eigenvalue weighted by molar-refractivity contribution is 1.32. The number of hydrogen-bond acceptors (Lipinski definition) is 1. The molecule has 0 N–H and O–H groups in total. The Morgan fingerprint density at radius 3 is 1.78 bits per heavy atom. The first-order chi connectivity index (χ1) is 3.39. The number of rotatable bonds is 0. The first-order valence-corrected chi connectivity index (χ1v) is 3.03. The maximum absolute atomic E-state index is 3.84. The van der Waals surface area contributed by atoms with E-state index in [4.69, 9.17) is 0 Å². The van der Waals surface area contributed by atoms with Crippen molar-refractivity contribution in [2.45, 2.75) is 0 Å². The van der Waals surface area contributed by atoms with Crippen LogP contribution < -0.4 is 0 Å². The van der Waals surface area contributed by atoms with Crippen LogP contribution in [0, 0.1) is 3.57 Å². The monoisotopic (exact) mass is 277 g/mol. The molecule has 0 aliphatic rings. The maximum Gasteiger partial charge on any atom is 0.0278 e. The Balaban J connectivity index is 0. The quantitative estimate of drug-likeness (QED) is 0.664. The van der Waals surface area contributed by atoms with Gasteiger partial charge in [0.15, 0.2) is 0 Å². The Bertz CT molecular complexity index is 145. The number of hydrogen-bond donors (Lipinski definition) is 0. The molecular formula is C5H6Cl2IN. The molecule has 0 bridgehead atoms. The van der Waals surface area contributed by atoms with E-state index in [9.17, 15) is 0 Å². The van der Waals surface area contributed by atoms with Gasteiger partial charge in [-0.3, -0.25) is 4.98 Å². The molecule has 0 unspecified atom stereocenters. The van der Waals surface area contributed by atoms with Crippen LogP contribution in [0.1, 0.15) is 0 Å². The third-order valence-electron chi connectivity index (χ3n) is 0.640. The van der Waals surface area contributed by atoms with Gasteiger partial charge in [0.1, 0.15) is 0 Å². The summed E-state index contributed by atoms with van der Waals surface area (Å²) >= 11 is 2.24. The van der Waals surface area contributed by atoms with Crippen molar-refractivity contribution in [1.82, 2.24) is 4.98 Å². The molecule has 1 nitrogen and oxygen atoms in total. The van der Waals surface area contributed by atoms with Crippen molar-refractivity contribution in [3.05, 3.63) is 28.1 Å². The molecule has 0 fully saturated rings. The first-order valence-electron chi connectivity index (χ1n) is 1.95. The zero-order chi connectivity index (χ0) is 5.11. The average Bonchev–Trinajstić information content (AvgIpc) is 1.69. The number of nitrogens with zero attached hydrogens (tertiary/aromatic N) is 1. The molecule has 4 heteroatoms. The Labute approximate surface area is 80.2 Å². The zero-order valence-electron chi connectivity index (χ0n) is 4.45. The Morgan fingerprint density at radius 2 is 1.56 bits per heavy atom. The van der Waals surface area contributed by atoms with Gasteiger partial charge in [0.05, 0.1) is 0 Å². The van der Waals surface area contributed by atoms with E-state index in [2.05, 4.69) is 27.6 Å². The molecule has 1 aromatic heterocycles. The standard InChI is InChI=1S/C5H4IN.2ClH/c6-5-1-3-7-4-2-5;;/h1-4H;2*1H. The molecule has 1 aromatic rings. The van der Waals surface area contributed by atoms with Gasteiger partial charge in [0.25, 0.3) is 0 Å². The lowest BCUT2D eigenvalue weighted by Gasteiger charge is -1.80. The van der Waals surface area contributed by atoms with Crippen molar-refractivity contribution < 1.29 is 0 Å². The molecule has 0 amide bonds. The lowest BCUT2D eigenvalue weighted by Crippen LogP contribution is -1.67. The van der Waals surface area contributed by atoms with Gasteiger partial charge in [0, 0.05) is 16.0 Å². The van der Waals surface area contributed by atoms with E-state index < -0.39 is 0 Å². The van der Waals surface area contributed by atoms with Crippen LogP contribution in [-0.2, 0) is 0 Å². The van der Waals surface area contributed by atoms with Crippen LogP contribution in [0.4, 0.5) is 0 Å². The highest BCUT2D eigenvalue weighted by Gasteiger charge is 1.75. The summed E-state index contributed by atoms with van der Waals surface area (Å²) in [5.74, 6) is 0. The molecule has 0 aromatic carbocycles. The number of aromatic nitrogens is 1. The van der Waals surface area contributed by atoms with Crippen LogP contribution in [0.3, 0.4) is 0 Å². The molecule has 1 rings (SSSR count). The predicted octanol–water partition coefficient (Wildman–Crippen LogP) is 2.53. The summed E-state index contributed by atoms with van der Waals surface area (Å²) in [7, 11) is 0. The number of halogens is 3. The normalized spacial score (nSPS) is 6.78. The highest BCUT2D eigenvalue weighted by Crippen LogP contribution is 1.97. The van der Waals surface area contributed by atoms with E-state index in [1.165, 1.54) is 3.57 Å². The minimum atomic E-state index is 0. The van der Waals surface area contributed by atoms with Gasteiger partial charge in [-0.25, -0.2) is 0 Å². The van der Waals surface area contributed by atoms with Gasteiger partial charge in [-0.1, -0.05) is 0 Å². The SMILES string of the molecule is Cl.Cl.Ic1ccncc1. The fourth-order valence-electron chi connectivity index (χ4n) is 0.334. The second kappa shape index (κ2) is 6.58. The molecule has 1 heterocycles. The molecule has 0 saturated carbocycles. The third kappa shape index (κ3) is 4.93. The van der Waals surface area contributed by atoms with Crippen LogP contribution in [0.2, 0.25) is 0 Å². The summed E-state index contributed by atoms with van der Waals surface area (Å²) in [5.41, 5.74) is 0. The van der Waals surface area contributed by atoms with Crippen LogP contribution >= 0.6 is 47.4 Å². The number of pyridine rings is 1. The van der Waals surface area contributed by atoms with Crippen molar-refractivity contribution >= 4 is 47.4 Å². The van der Waals surface area contributed by atoms with Gasteiger partial charge >= 0.3 is 0 Å². The minimum Gasteiger partial charge on any atom is -0.265 e. The van der Waals surface area contributed by atoms with E-state index in [-0.39, 0.29) is 24.8 Å². The Kier molecular flexibility index (Phi) is 8.89. The topological polar surface area (TPSA) is 12.9 Å². The van der Waals surface area contributed by atoms with Gasteiger partial charge < -0.3 is 0 Å². The highest BCUT2D eigenvalue weighted by molar-refractivity contribution is 14.1. The lowest BCUT2D eigenvalue weighted by atomic mass is 10.5. The van der Waals surface area contributed by atoms with Crippen molar-refractivity contribution in [3.8, 4) is 0 Å². The summed E-state index contributed by atoms with van der Waals surface area (Å²) in [5, 5.41) is 0. The molecule has 0 radical (unpaired) electrons. The summed E-state index contributed by atoms with van der Waals surface area (Å²) in [4.78, 5) is 3.84. The van der Waals surface area contributed by atoms with Crippen LogP contribution in [0.15, 0.2) is 24.5 Å². The highest BCUT2D eigenvalue weighted by atomic mass is 127. The molecular weight excluding hydrogens is 272 g/mol. The Morgan fingerprint density at radius 1 is 1.11 bits per heavy atom. The summed E-state index contributed by atoms with van der Waals surface area (Å²) in [6.45, 7) is 0. The molecule has 52 valence electrons. The van der Waals surface area contributed by atoms with Crippen molar-refractivity contribution in [3.63, 3.8) is 0 Å². The second-order valence-corrected chi connectivity index (χ2v) is 2.41. The van der Waals surface area contributed by atoms with Crippen molar-refractivity contribution in [1.29, 1.82) is 0 Å². The Hall–Kier alpha value is 0.460. The fraction of sp³-hybridized carbons (Fsp3) is 0. The van der Waals surface area contributed by atoms with E-state index in [0.717, 1.165) is 0 Å². The van der Waals surface area contributed by atoms with Crippen molar-refractivity contribution in [2.24, 2.45) is 0 Å². The minimum absolute atomic E-state index is 0. The summed E-state index contributed by atoms with van der Waals surface area (Å²) in [6.07, 6.45) is 3.56. The van der Waals surface area contributed by atoms with E-state index in [0.29, 0.717) is 0 Å². The van der Waals surface area contributed by atoms with E-state index in [1.807, 2.05) is 12.1 Å². The average molecular weight is 278 g/mol. The van der Waals surface area contributed by atoms with Crippen LogP contribution in [0.5, 0.6) is 0 Å². The van der Waals surface area contributed by atoms with Crippen LogP contribution in [-0.4, -0.2) is 4.98 Å². The molecule has 0 aliphatic carbocycles. The molecule has 0 atom stereocenters. The predicted molar refractivity (Wildman–Crippen MR) is 51.5 cm³/mol.